The highest BCUT2D eigenvalue weighted by Gasteiger charge is 2.10. The first-order chi connectivity index (χ1) is 15.9. The number of rotatable bonds is 6. The van der Waals surface area contributed by atoms with Crippen LogP contribution in [0, 0.1) is 20.8 Å². The molecule has 0 unspecified atom stereocenters. The van der Waals surface area contributed by atoms with Crippen molar-refractivity contribution < 1.29 is 9.53 Å². The summed E-state index contributed by atoms with van der Waals surface area (Å²) >= 11 is 5.87. The lowest BCUT2D eigenvalue weighted by Gasteiger charge is -2.09. The number of aryl methyl sites for hydroxylation is 3. The molecule has 0 radical (unpaired) electrons. The van der Waals surface area contributed by atoms with Crippen molar-refractivity contribution in [2.75, 3.05) is 5.32 Å². The van der Waals surface area contributed by atoms with Crippen LogP contribution >= 0.6 is 11.6 Å². The zero-order valence-electron chi connectivity index (χ0n) is 18.4. The zero-order chi connectivity index (χ0) is 23.4. The zero-order valence-corrected chi connectivity index (χ0v) is 19.2. The van der Waals surface area contributed by atoms with Crippen LogP contribution in [0.2, 0.25) is 5.02 Å². The molecule has 8 heteroatoms. The fourth-order valence-electron chi connectivity index (χ4n) is 3.20. The smallest absolute Gasteiger partial charge is 0.248 e. The van der Waals surface area contributed by atoms with Crippen molar-refractivity contribution in [1.29, 1.82) is 0 Å². The number of aromatic nitrogens is 4. The van der Waals surface area contributed by atoms with E-state index in [0.717, 1.165) is 17.0 Å². The van der Waals surface area contributed by atoms with E-state index in [4.69, 9.17) is 16.3 Å². The maximum absolute atomic E-state index is 12.2. The van der Waals surface area contributed by atoms with Crippen LogP contribution in [-0.4, -0.2) is 25.7 Å². The molecule has 1 N–H and O–H groups in total. The third kappa shape index (κ3) is 5.84. The number of nitrogens with one attached hydrogen (secondary N) is 1. The van der Waals surface area contributed by atoms with E-state index in [0.29, 0.717) is 34.0 Å². The Kier molecular flexibility index (Phi) is 6.51. The molecular formula is C25H22ClN5O2. The molecule has 7 nitrogen and oxygen atoms in total. The molecule has 0 aliphatic carbocycles. The van der Waals surface area contributed by atoms with E-state index >= 15 is 0 Å². The third-order valence-corrected chi connectivity index (χ3v) is 4.92. The maximum atomic E-state index is 12.2. The average Bonchev–Trinajstić information content (AvgIpc) is 3.12. The van der Waals surface area contributed by atoms with Crippen LogP contribution in [-0.2, 0) is 4.79 Å². The van der Waals surface area contributed by atoms with E-state index in [1.165, 1.54) is 6.08 Å². The van der Waals surface area contributed by atoms with Gasteiger partial charge < -0.3 is 10.1 Å². The highest BCUT2D eigenvalue weighted by Crippen LogP contribution is 2.23. The normalized spacial score (nSPS) is 11.0. The molecule has 33 heavy (non-hydrogen) atoms. The van der Waals surface area contributed by atoms with Crippen molar-refractivity contribution in [3.63, 3.8) is 0 Å². The van der Waals surface area contributed by atoms with Gasteiger partial charge in [-0.25, -0.2) is 9.67 Å². The third-order valence-electron chi connectivity index (χ3n) is 4.67. The molecule has 0 saturated heterocycles. The number of ether oxygens (including phenoxy) is 1. The molecule has 4 rings (SSSR count). The molecule has 2 heterocycles. The van der Waals surface area contributed by atoms with Crippen LogP contribution in [0.15, 0.2) is 66.7 Å². The fraction of sp³-hybridized carbons (Fsp3) is 0.120. The molecule has 0 fully saturated rings. The number of carbonyl (C=O) groups is 1. The van der Waals surface area contributed by atoms with Crippen molar-refractivity contribution in [3.8, 4) is 17.4 Å². The summed E-state index contributed by atoms with van der Waals surface area (Å²) in [4.78, 5) is 21.0. The van der Waals surface area contributed by atoms with E-state index in [1.54, 1.807) is 60.1 Å². The molecule has 0 atom stereocenters. The van der Waals surface area contributed by atoms with E-state index in [-0.39, 0.29) is 5.91 Å². The highest BCUT2D eigenvalue weighted by atomic mass is 35.5. The minimum atomic E-state index is -0.237. The highest BCUT2D eigenvalue weighted by molar-refractivity contribution is 6.30. The Labute approximate surface area is 196 Å². The Morgan fingerprint density at radius 1 is 1.00 bits per heavy atom. The molecule has 1 amide bonds. The number of anilines is 1. The quantitative estimate of drug-likeness (QED) is 0.375. The summed E-state index contributed by atoms with van der Waals surface area (Å²) < 4.78 is 7.67. The second-order valence-corrected chi connectivity index (χ2v) is 7.89. The van der Waals surface area contributed by atoms with Crippen molar-refractivity contribution in [2.24, 2.45) is 0 Å². The molecule has 0 spiro atoms. The Bertz CT molecular complexity index is 1310. The minimum Gasteiger partial charge on any atom is -0.439 e. The Hall–Kier alpha value is -3.97. The SMILES string of the molecule is Cc1cc(C)n(-c2cc(Oc3ccc(NC(=O)/C=C/c4ccc(Cl)cc4)cc3)nc(C)n2)n1. The number of amides is 1. The Balaban J connectivity index is 1.42. The van der Waals surface area contributed by atoms with E-state index in [2.05, 4.69) is 20.4 Å². The van der Waals surface area contributed by atoms with Crippen molar-refractivity contribution >= 4 is 29.3 Å². The van der Waals surface area contributed by atoms with Crippen molar-refractivity contribution in [1.82, 2.24) is 19.7 Å². The van der Waals surface area contributed by atoms with Gasteiger partial charge in [-0.05, 0) is 74.9 Å². The first-order valence-corrected chi connectivity index (χ1v) is 10.7. The Morgan fingerprint density at radius 2 is 1.73 bits per heavy atom. The molecule has 0 saturated carbocycles. The summed E-state index contributed by atoms with van der Waals surface area (Å²) in [5, 5.41) is 7.94. The number of halogens is 1. The molecule has 2 aromatic heterocycles. The Morgan fingerprint density at radius 3 is 2.39 bits per heavy atom. The molecule has 0 bridgehead atoms. The monoisotopic (exact) mass is 459 g/mol. The first kappa shape index (κ1) is 22.2. The van der Waals surface area contributed by atoms with Gasteiger partial charge in [0.2, 0.25) is 11.8 Å². The van der Waals surface area contributed by atoms with Gasteiger partial charge in [-0.1, -0.05) is 23.7 Å². The van der Waals surface area contributed by atoms with Gasteiger partial charge in [-0.3, -0.25) is 4.79 Å². The van der Waals surface area contributed by atoms with Gasteiger partial charge in [0.25, 0.3) is 0 Å². The number of hydrogen-bond acceptors (Lipinski definition) is 5. The van der Waals surface area contributed by atoms with Crippen LogP contribution in [0.5, 0.6) is 11.6 Å². The fourth-order valence-corrected chi connectivity index (χ4v) is 3.33. The lowest BCUT2D eigenvalue weighted by atomic mass is 10.2. The van der Waals surface area contributed by atoms with Crippen LogP contribution < -0.4 is 10.1 Å². The molecule has 166 valence electrons. The lowest BCUT2D eigenvalue weighted by Crippen LogP contribution is -2.07. The van der Waals surface area contributed by atoms with Crippen molar-refractivity contribution in [2.45, 2.75) is 20.8 Å². The van der Waals surface area contributed by atoms with Crippen molar-refractivity contribution in [3.05, 3.63) is 94.5 Å². The minimum absolute atomic E-state index is 0.237. The summed E-state index contributed by atoms with van der Waals surface area (Å²) in [6.45, 7) is 5.71. The predicted octanol–water partition coefficient (Wildman–Crippen LogP) is 5.69. The second kappa shape index (κ2) is 9.67. The van der Waals surface area contributed by atoms with Crippen LogP contribution in [0.25, 0.3) is 11.9 Å². The topological polar surface area (TPSA) is 81.9 Å². The predicted molar refractivity (Wildman–Crippen MR) is 129 cm³/mol. The van der Waals surface area contributed by atoms with Gasteiger partial charge in [0.05, 0.1) is 5.69 Å². The average molecular weight is 460 g/mol. The molecule has 2 aromatic carbocycles. The van der Waals surface area contributed by atoms with Crippen LogP contribution in [0.1, 0.15) is 22.8 Å². The number of nitrogens with zero attached hydrogens (tertiary/aromatic N) is 4. The standard InChI is InChI=1S/C25H22ClN5O2/c1-16-14-17(2)31(30-16)23-15-25(28-18(3)27-23)33-22-11-9-21(10-12-22)29-24(32)13-6-19-4-7-20(26)8-5-19/h4-15H,1-3H3,(H,29,32)/b13-6+. The van der Waals surface area contributed by atoms with E-state index in [1.807, 2.05) is 32.0 Å². The van der Waals surface area contributed by atoms with Gasteiger partial charge in [0.15, 0.2) is 5.82 Å². The summed E-state index contributed by atoms with van der Waals surface area (Å²) in [6, 6.07) is 18.0. The summed E-state index contributed by atoms with van der Waals surface area (Å²) in [6.07, 6.45) is 3.19. The first-order valence-electron chi connectivity index (χ1n) is 10.3. The van der Waals surface area contributed by atoms with Gasteiger partial charge in [-0.2, -0.15) is 10.1 Å². The maximum Gasteiger partial charge on any atom is 0.248 e. The van der Waals surface area contributed by atoms with Gasteiger partial charge in [0.1, 0.15) is 11.6 Å². The van der Waals surface area contributed by atoms with Crippen LogP contribution in [0.3, 0.4) is 0 Å². The number of benzene rings is 2. The van der Waals surface area contributed by atoms with E-state index in [9.17, 15) is 4.79 Å². The molecule has 0 aliphatic heterocycles. The molecule has 0 aliphatic rings. The van der Waals surface area contributed by atoms with E-state index < -0.39 is 0 Å². The molecular weight excluding hydrogens is 438 g/mol. The number of carbonyl (C=O) groups excluding carboxylic acids is 1. The summed E-state index contributed by atoms with van der Waals surface area (Å²) in [7, 11) is 0. The molecule has 4 aromatic rings. The summed E-state index contributed by atoms with van der Waals surface area (Å²) in [5.74, 6) is 1.97. The largest absolute Gasteiger partial charge is 0.439 e. The van der Waals surface area contributed by atoms with Gasteiger partial charge >= 0.3 is 0 Å². The van der Waals surface area contributed by atoms with Gasteiger partial charge in [0, 0.05) is 28.5 Å². The lowest BCUT2D eigenvalue weighted by molar-refractivity contribution is -0.111. The van der Waals surface area contributed by atoms with Crippen LogP contribution in [0.4, 0.5) is 5.69 Å². The number of hydrogen-bond donors (Lipinski definition) is 1. The second-order valence-electron chi connectivity index (χ2n) is 7.45. The van der Waals surface area contributed by atoms with Gasteiger partial charge in [-0.15, -0.1) is 0 Å². The summed E-state index contributed by atoms with van der Waals surface area (Å²) in [5.41, 5.74) is 3.42.